The van der Waals surface area contributed by atoms with E-state index in [9.17, 15) is 13.0 Å². The van der Waals surface area contributed by atoms with Gasteiger partial charge in [-0.2, -0.15) is 8.42 Å². The van der Waals surface area contributed by atoms with Gasteiger partial charge in [0.25, 0.3) is 10.1 Å². The maximum Gasteiger partial charge on any atom is 0.267 e. The number of hydrogen-bond acceptors (Lipinski definition) is 3. The molecule has 2 N–H and O–H groups in total. The first-order valence-electron chi connectivity index (χ1n) is 8.59. The van der Waals surface area contributed by atoms with Crippen LogP contribution >= 0.6 is 0 Å². The third kappa shape index (κ3) is 13.3. The fourth-order valence-electron chi connectivity index (χ4n) is 2.61. The van der Waals surface area contributed by atoms with Crippen LogP contribution < -0.4 is 0 Å². The van der Waals surface area contributed by atoms with Gasteiger partial charge in [0.1, 0.15) is 0 Å². The van der Waals surface area contributed by atoms with E-state index in [0.717, 1.165) is 19.3 Å². The third-order valence-corrected chi connectivity index (χ3v) is 5.30. The fraction of sp³-hybridized carbons (Fsp3) is 1.00. The lowest BCUT2D eigenvalue weighted by Gasteiger charge is -2.13. The second-order valence-corrected chi connectivity index (χ2v) is 7.67. The quantitative estimate of drug-likeness (QED) is 0.348. The van der Waals surface area contributed by atoms with E-state index in [-0.39, 0.29) is 6.61 Å². The molecule has 0 rings (SSSR count). The normalized spacial score (nSPS) is 13.5. The third-order valence-electron chi connectivity index (χ3n) is 3.99. The van der Waals surface area contributed by atoms with E-state index in [1.54, 1.807) is 0 Å². The van der Waals surface area contributed by atoms with Gasteiger partial charge in [0.05, 0.1) is 5.25 Å². The molecule has 5 heteroatoms. The van der Waals surface area contributed by atoms with Crippen molar-refractivity contribution in [3.63, 3.8) is 0 Å². The number of aliphatic hydroxyl groups is 1. The van der Waals surface area contributed by atoms with Crippen LogP contribution in [0.2, 0.25) is 0 Å². The van der Waals surface area contributed by atoms with Crippen molar-refractivity contribution in [2.24, 2.45) is 0 Å². The summed E-state index contributed by atoms with van der Waals surface area (Å²) in [6.07, 6.45) is 13.0. The molecular formula is C16H34O4S. The highest BCUT2D eigenvalue weighted by molar-refractivity contribution is 7.86. The van der Waals surface area contributed by atoms with Gasteiger partial charge in [0.2, 0.25) is 0 Å². The molecular weight excluding hydrogens is 288 g/mol. The fourth-order valence-corrected chi connectivity index (χ4v) is 3.54. The van der Waals surface area contributed by atoms with E-state index in [0.29, 0.717) is 25.7 Å². The van der Waals surface area contributed by atoms with E-state index in [4.69, 9.17) is 5.11 Å². The predicted molar refractivity (Wildman–Crippen MR) is 88.1 cm³/mol. The van der Waals surface area contributed by atoms with Gasteiger partial charge in [-0.1, -0.05) is 64.7 Å². The molecule has 0 aromatic carbocycles. The summed E-state index contributed by atoms with van der Waals surface area (Å²) in [4.78, 5) is 0. The lowest BCUT2D eigenvalue weighted by atomic mass is 10.0. The van der Waals surface area contributed by atoms with E-state index in [1.807, 2.05) is 0 Å². The molecule has 0 aliphatic rings. The van der Waals surface area contributed by atoms with Crippen LogP contribution in [-0.4, -0.2) is 29.9 Å². The summed E-state index contributed by atoms with van der Waals surface area (Å²) >= 11 is 0. The summed E-state index contributed by atoms with van der Waals surface area (Å²) in [5, 5.41) is 8.08. The van der Waals surface area contributed by atoms with Crippen molar-refractivity contribution in [1.82, 2.24) is 0 Å². The molecule has 0 aromatic rings. The molecule has 21 heavy (non-hydrogen) atoms. The van der Waals surface area contributed by atoms with Crippen molar-refractivity contribution in [3.8, 4) is 0 Å². The smallest absolute Gasteiger partial charge is 0.267 e. The van der Waals surface area contributed by atoms with Gasteiger partial charge in [-0.05, 0) is 25.7 Å². The van der Waals surface area contributed by atoms with E-state index in [1.165, 1.54) is 38.5 Å². The van der Waals surface area contributed by atoms with Gasteiger partial charge in [-0.3, -0.25) is 4.55 Å². The minimum Gasteiger partial charge on any atom is -0.396 e. The van der Waals surface area contributed by atoms with Crippen LogP contribution in [0.1, 0.15) is 90.4 Å². The second kappa shape index (κ2) is 13.5. The Morgan fingerprint density at radius 2 is 1.19 bits per heavy atom. The number of hydrogen-bond donors (Lipinski definition) is 2. The van der Waals surface area contributed by atoms with Crippen LogP contribution in [0.4, 0.5) is 0 Å². The Kier molecular flexibility index (Phi) is 13.4. The highest BCUT2D eigenvalue weighted by atomic mass is 32.2. The lowest BCUT2D eigenvalue weighted by molar-refractivity contribution is 0.281. The summed E-state index contributed by atoms with van der Waals surface area (Å²) in [6.45, 7) is 2.29. The average molecular weight is 323 g/mol. The first-order chi connectivity index (χ1) is 10.0. The molecule has 0 heterocycles. The molecule has 0 aromatic heterocycles. The molecule has 1 unspecified atom stereocenters. The van der Waals surface area contributed by atoms with Gasteiger partial charge in [-0.15, -0.1) is 0 Å². The Hall–Kier alpha value is -0.130. The van der Waals surface area contributed by atoms with E-state index >= 15 is 0 Å². The predicted octanol–water partition coefficient (Wildman–Crippen LogP) is 4.33. The lowest BCUT2D eigenvalue weighted by Crippen LogP contribution is -2.20. The molecule has 0 saturated carbocycles. The van der Waals surface area contributed by atoms with E-state index < -0.39 is 15.4 Å². The summed E-state index contributed by atoms with van der Waals surface area (Å²) < 4.78 is 31.8. The van der Waals surface area contributed by atoms with Crippen molar-refractivity contribution in [3.05, 3.63) is 0 Å². The minimum absolute atomic E-state index is 0.0796. The Morgan fingerprint density at radius 3 is 1.62 bits per heavy atom. The summed E-state index contributed by atoms with van der Waals surface area (Å²) in [7, 11) is -3.93. The topological polar surface area (TPSA) is 74.6 Å². The summed E-state index contributed by atoms with van der Waals surface area (Å²) in [6, 6.07) is 0. The van der Waals surface area contributed by atoms with Crippen molar-refractivity contribution in [2.45, 2.75) is 95.6 Å². The molecule has 0 aliphatic heterocycles. The highest BCUT2D eigenvalue weighted by Gasteiger charge is 2.21. The van der Waals surface area contributed by atoms with E-state index in [2.05, 4.69) is 6.92 Å². The number of unbranched alkanes of at least 4 members (excludes halogenated alkanes) is 9. The van der Waals surface area contributed by atoms with Crippen molar-refractivity contribution < 1.29 is 18.1 Å². The maximum atomic E-state index is 11.3. The molecule has 0 saturated heterocycles. The minimum atomic E-state index is -3.93. The molecule has 0 radical (unpaired) electrons. The molecule has 0 fully saturated rings. The standard InChI is InChI=1S/C16H34O4S/c1-2-3-4-5-6-7-8-9-10-13-16(21(18,19)20)14-11-12-15-17/h16-17H,2-15H2,1H3,(H,18,19,20). The number of rotatable bonds is 15. The zero-order valence-corrected chi connectivity index (χ0v) is 14.4. The van der Waals surface area contributed by atoms with Crippen LogP contribution in [-0.2, 0) is 10.1 Å². The Bertz CT molecular complexity index is 314. The molecule has 128 valence electrons. The molecule has 4 nitrogen and oxygen atoms in total. The molecule has 0 spiro atoms. The molecule has 0 bridgehead atoms. The SMILES string of the molecule is CCCCCCCCCCCC(CCCCO)S(=O)(=O)O. The molecule has 0 amide bonds. The van der Waals surface area contributed by atoms with Gasteiger partial charge >= 0.3 is 0 Å². The Balaban J connectivity index is 3.64. The van der Waals surface area contributed by atoms with Crippen molar-refractivity contribution >= 4 is 10.1 Å². The van der Waals surface area contributed by atoms with Gasteiger partial charge in [0.15, 0.2) is 0 Å². The second-order valence-electron chi connectivity index (χ2n) is 5.97. The highest BCUT2D eigenvalue weighted by Crippen LogP contribution is 2.18. The molecule has 0 aliphatic carbocycles. The van der Waals surface area contributed by atoms with Gasteiger partial charge in [0, 0.05) is 6.61 Å². The summed E-state index contributed by atoms with van der Waals surface area (Å²) in [5.74, 6) is 0. The first kappa shape index (κ1) is 20.9. The monoisotopic (exact) mass is 322 g/mol. The van der Waals surface area contributed by atoms with Crippen molar-refractivity contribution in [1.29, 1.82) is 0 Å². The number of aliphatic hydroxyl groups excluding tert-OH is 1. The van der Waals surface area contributed by atoms with Gasteiger partial charge in [-0.25, -0.2) is 0 Å². The largest absolute Gasteiger partial charge is 0.396 e. The zero-order chi connectivity index (χ0) is 16.0. The Labute approximate surface area is 131 Å². The zero-order valence-electron chi connectivity index (χ0n) is 13.6. The van der Waals surface area contributed by atoms with Crippen LogP contribution in [0.3, 0.4) is 0 Å². The van der Waals surface area contributed by atoms with Crippen LogP contribution in [0.5, 0.6) is 0 Å². The first-order valence-corrected chi connectivity index (χ1v) is 10.1. The molecule has 1 atom stereocenters. The van der Waals surface area contributed by atoms with Crippen molar-refractivity contribution in [2.75, 3.05) is 6.61 Å². The Morgan fingerprint density at radius 1 is 0.762 bits per heavy atom. The van der Waals surface area contributed by atoms with Crippen LogP contribution in [0, 0.1) is 0 Å². The summed E-state index contributed by atoms with van der Waals surface area (Å²) in [5.41, 5.74) is 0. The average Bonchev–Trinajstić information content (AvgIpc) is 2.42. The van der Waals surface area contributed by atoms with Crippen LogP contribution in [0.15, 0.2) is 0 Å². The maximum absolute atomic E-state index is 11.3. The van der Waals surface area contributed by atoms with Crippen LogP contribution in [0.25, 0.3) is 0 Å². The van der Waals surface area contributed by atoms with Gasteiger partial charge < -0.3 is 5.11 Å².